The predicted molar refractivity (Wildman–Crippen MR) is 98.0 cm³/mol. The Balaban J connectivity index is 1.79. The van der Waals surface area contributed by atoms with Crippen molar-refractivity contribution in [1.82, 2.24) is 9.59 Å². The Labute approximate surface area is 138 Å². The molecule has 4 nitrogen and oxygen atoms in total. The van der Waals surface area contributed by atoms with Gasteiger partial charge in [-0.3, -0.25) is 0 Å². The van der Waals surface area contributed by atoms with Crippen LogP contribution in [-0.4, -0.2) is 21.7 Å². The van der Waals surface area contributed by atoms with E-state index in [4.69, 9.17) is 12.2 Å². The summed E-state index contributed by atoms with van der Waals surface area (Å²) >= 11 is 6.89. The molecule has 0 spiro atoms. The van der Waals surface area contributed by atoms with Crippen LogP contribution in [0, 0.1) is 13.8 Å². The van der Waals surface area contributed by atoms with Crippen LogP contribution in [0.15, 0.2) is 36.4 Å². The molecule has 0 radical (unpaired) electrons. The van der Waals surface area contributed by atoms with Gasteiger partial charge < -0.3 is 10.2 Å². The van der Waals surface area contributed by atoms with Crippen molar-refractivity contribution in [3.05, 3.63) is 47.5 Å². The summed E-state index contributed by atoms with van der Waals surface area (Å²) in [5.74, 6) is 0. The van der Waals surface area contributed by atoms with Crippen molar-refractivity contribution in [3.8, 4) is 0 Å². The Kier molecular flexibility index (Phi) is 4.04. The van der Waals surface area contributed by atoms with Gasteiger partial charge in [0.05, 0.1) is 4.70 Å². The fourth-order valence-corrected chi connectivity index (χ4v) is 2.88. The molecule has 0 aliphatic carbocycles. The lowest BCUT2D eigenvalue weighted by Crippen LogP contribution is -2.30. The van der Waals surface area contributed by atoms with Crippen molar-refractivity contribution in [1.29, 1.82) is 0 Å². The molecule has 0 saturated heterocycles. The second-order valence-electron chi connectivity index (χ2n) is 5.21. The van der Waals surface area contributed by atoms with E-state index in [2.05, 4.69) is 47.0 Å². The van der Waals surface area contributed by atoms with Crippen LogP contribution in [0.2, 0.25) is 0 Å². The van der Waals surface area contributed by atoms with Gasteiger partial charge in [-0.1, -0.05) is 10.6 Å². The maximum atomic E-state index is 5.50. The molecule has 2 aromatic carbocycles. The highest BCUT2D eigenvalue weighted by molar-refractivity contribution is 7.80. The average molecular weight is 328 g/mol. The minimum absolute atomic E-state index is 0.644. The third-order valence-corrected chi connectivity index (χ3v) is 4.76. The van der Waals surface area contributed by atoms with Gasteiger partial charge in [-0.2, -0.15) is 0 Å². The highest BCUT2D eigenvalue weighted by Gasteiger charge is 2.09. The normalized spacial score (nSPS) is 10.7. The van der Waals surface area contributed by atoms with E-state index in [1.807, 2.05) is 30.1 Å². The second kappa shape index (κ2) is 5.98. The Morgan fingerprint density at radius 3 is 2.73 bits per heavy atom. The first-order valence-electron chi connectivity index (χ1n) is 6.88. The number of nitrogens with zero attached hydrogens (tertiary/aromatic N) is 3. The molecule has 112 valence electrons. The monoisotopic (exact) mass is 328 g/mol. The molecule has 0 aliphatic heterocycles. The molecule has 1 heterocycles. The molecule has 1 aromatic heterocycles. The molecule has 0 fully saturated rings. The fourth-order valence-electron chi connectivity index (χ4n) is 2.12. The number of anilines is 2. The fraction of sp³-hybridized carbons (Fsp3) is 0.188. The molecule has 0 saturated carbocycles. The highest BCUT2D eigenvalue weighted by Crippen LogP contribution is 2.22. The van der Waals surface area contributed by atoms with E-state index in [9.17, 15) is 0 Å². The van der Waals surface area contributed by atoms with Gasteiger partial charge in [0.25, 0.3) is 0 Å². The third kappa shape index (κ3) is 2.93. The van der Waals surface area contributed by atoms with E-state index in [0.29, 0.717) is 5.11 Å². The summed E-state index contributed by atoms with van der Waals surface area (Å²) in [5.41, 5.74) is 5.39. The molecule has 0 unspecified atom stereocenters. The van der Waals surface area contributed by atoms with Crippen LogP contribution in [0.25, 0.3) is 10.2 Å². The largest absolute Gasteiger partial charge is 0.332 e. The van der Waals surface area contributed by atoms with Gasteiger partial charge in [0.1, 0.15) is 5.52 Å². The lowest BCUT2D eigenvalue weighted by molar-refractivity contribution is 1.20. The summed E-state index contributed by atoms with van der Waals surface area (Å²) in [5, 5.41) is 7.98. The van der Waals surface area contributed by atoms with Crippen molar-refractivity contribution < 1.29 is 0 Å². The SMILES string of the molecule is Cc1ccc(N(C)C(=S)Nc2ccc3snnc3c2)cc1C. The molecular weight excluding hydrogens is 312 g/mol. The number of nitrogens with one attached hydrogen (secondary N) is 1. The zero-order valence-corrected chi connectivity index (χ0v) is 14.3. The molecule has 22 heavy (non-hydrogen) atoms. The summed E-state index contributed by atoms with van der Waals surface area (Å²) in [6, 6.07) is 12.3. The van der Waals surface area contributed by atoms with Gasteiger partial charge in [0.2, 0.25) is 0 Å². The molecule has 0 aliphatic rings. The van der Waals surface area contributed by atoms with E-state index in [-0.39, 0.29) is 0 Å². The molecule has 0 atom stereocenters. The van der Waals surface area contributed by atoms with Crippen LogP contribution in [-0.2, 0) is 0 Å². The predicted octanol–water partition coefficient (Wildman–Crippen LogP) is 4.14. The van der Waals surface area contributed by atoms with Gasteiger partial charge in [0, 0.05) is 18.4 Å². The van der Waals surface area contributed by atoms with Gasteiger partial charge in [-0.15, -0.1) is 5.10 Å². The number of aromatic nitrogens is 2. The van der Waals surface area contributed by atoms with Crippen molar-refractivity contribution in [3.63, 3.8) is 0 Å². The summed E-state index contributed by atoms with van der Waals surface area (Å²) in [4.78, 5) is 1.96. The van der Waals surface area contributed by atoms with Gasteiger partial charge >= 0.3 is 0 Å². The van der Waals surface area contributed by atoms with E-state index < -0.39 is 0 Å². The molecule has 0 amide bonds. The maximum Gasteiger partial charge on any atom is 0.177 e. The topological polar surface area (TPSA) is 41.0 Å². The van der Waals surface area contributed by atoms with Crippen LogP contribution in [0.1, 0.15) is 11.1 Å². The minimum Gasteiger partial charge on any atom is -0.332 e. The van der Waals surface area contributed by atoms with Gasteiger partial charge in [0.15, 0.2) is 5.11 Å². The van der Waals surface area contributed by atoms with Crippen LogP contribution in [0.4, 0.5) is 11.4 Å². The number of aryl methyl sites for hydroxylation is 2. The zero-order valence-electron chi connectivity index (χ0n) is 12.6. The first kappa shape index (κ1) is 14.9. The zero-order chi connectivity index (χ0) is 15.7. The van der Waals surface area contributed by atoms with Crippen molar-refractivity contribution >= 4 is 50.5 Å². The van der Waals surface area contributed by atoms with Gasteiger partial charge in [-0.05, 0) is 79.1 Å². The van der Waals surface area contributed by atoms with Crippen LogP contribution >= 0.6 is 23.8 Å². The molecule has 3 aromatic rings. The molecule has 1 N–H and O–H groups in total. The lowest BCUT2D eigenvalue weighted by atomic mass is 10.1. The lowest BCUT2D eigenvalue weighted by Gasteiger charge is -2.22. The van der Waals surface area contributed by atoms with E-state index in [1.54, 1.807) is 0 Å². The highest BCUT2D eigenvalue weighted by atomic mass is 32.1. The van der Waals surface area contributed by atoms with Crippen molar-refractivity contribution in [2.45, 2.75) is 13.8 Å². The van der Waals surface area contributed by atoms with Crippen LogP contribution in [0.3, 0.4) is 0 Å². The number of hydrogen-bond acceptors (Lipinski definition) is 4. The van der Waals surface area contributed by atoms with Crippen LogP contribution in [0.5, 0.6) is 0 Å². The standard InChI is InChI=1S/C16H16N4S2/c1-10-4-6-13(8-11(10)2)20(3)16(21)17-12-5-7-15-14(9-12)18-19-22-15/h4-9H,1-3H3,(H,17,21). The number of fused-ring (bicyclic) bond motifs is 1. The average Bonchev–Trinajstić information content (AvgIpc) is 2.97. The molecule has 6 heteroatoms. The smallest absolute Gasteiger partial charge is 0.177 e. The quantitative estimate of drug-likeness (QED) is 0.716. The Bertz CT molecular complexity index is 841. The second-order valence-corrected chi connectivity index (χ2v) is 6.39. The molecule has 3 rings (SSSR count). The Hall–Kier alpha value is -2.05. The Morgan fingerprint density at radius 1 is 1.14 bits per heavy atom. The summed E-state index contributed by atoms with van der Waals surface area (Å²) in [6.45, 7) is 4.21. The first-order valence-corrected chi connectivity index (χ1v) is 8.07. The number of benzene rings is 2. The van der Waals surface area contributed by atoms with E-state index >= 15 is 0 Å². The van der Waals surface area contributed by atoms with Crippen molar-refractivity contribution in [2.75, 3.05) is 17.3 Å². The number of hydrogen-bond donors (Lipinski definition) is 1. The summed E-state index contributed by atoms with van der Waals surface area (Å²) in [6.07, 6.45) is 0. The van der Waals surface area contributed by atoms with Crippen LogP contribution < -0.4 is 10.2 Å². The summed E-state index contributed by atoms with van der Waals surface area (Å²) in [7, 11) is 1.96. The number of thiocarbonyl (C=S) groups is 1. The Morgan fingerprint density at radius 2 is 1.95 bits per heavy atom. The molecule has 0 bridgehead atoms. The first-order chi connectivity index (χ1) is 10.5. The number of rotatable bonds is 2. The van der Waals surface area contributed by atoms with E-state index in [0.717, 1.165) is 21.6 Å². The van der Waals surface area contributed by atoms with E-state index in [1.165, 1.54) is 22.7 Å². The molecular formula is C16H16N4S2. The minimum atomic E-state index is 0.644. The van der Waals surface area contributed by atoms with Gasteiger partial charge in [-0.25, -0.2) is 0 Å². The van der Waals surface area contributed by atoms with Crippen molar-refractivity contribution in [2.24, 2.45) is 0 Å². The third-order valence-electron chi connectivity index (χ3n) is 3.68. The maximum absolute atomic E-state index is 5.50. The summed E-state index contributed by atoms with van der Waals surface area (Å²) < 4.78 is 5.01.